The van der Waals surface area contributed by atoms with Gasteiger partial charge in [0, 0.05) is 23.7 Å². The Morgan fingerprint density at radius 1 is 1.03 bits per heavy atom. The summed E-state index contributed by atoms with van der Waals surface area (Å²) in [6, 6.07) is 17.6. The average molecular weight is 397 g/mol. The third-order valence-corrected chi connectivity index (χ3v) is 5.19. The molecule has 0 amide bonds. The molecule has 5 aromatic rings. The summed E-state index contributed by atoms with van der Waals surface area (Å²) in [4.78, 5) is 29.0. The minimum atomic E-state index is -0.213. The molecule has 0 aliphatic carbocycles. The van der Waals surface area contributed by atoms with Crippen LogP contribution in [0.1, 0.15) is 5.56 Å². The van der Waals surface area contributed by atoms with E-state index in [2.05, 4.69) is 15.0 Å². The fourth-order valence-corrected chi connectivity index (χ4v) is 3.62. The summed E-state index contributed by atoms with van der Waals surface area (Å²) < 4.78 is 6.84. The number of nitrogens with zero attached hydrogens (tertiary/aromatic N) is 4. The number of aryl methyl sites for hydroxylation is 2. The molecule has 3 aromatic heterocycles. The van der Waals surface area contributed by atoms with Crippen molar-refractivity contribution in [1.82, 2.24) is 24.5 Å². The Bertz CT molecular complexity index is 1400. The van der Waals surface area contributed by atoms with E-state index in [0.29, 0.717) is 30.0 Å². The van der Waals surface area contributed by atoms with Crippen molar-refractivity contribution < 1.29 is 4.74 Å². The Labute approximate surface area is 172 Å². The van der Waals surface area contributed by atoms with Gasteiger partial charge >= 0.3 is 5.69 Å². The number of hydrogen-bond acceptors (Lipinski definition) is 5. The monoisotopic (exact) mass is 397 g/mol. The summed E-state index contributed by atoms with van der Waals surface area (Å²) >= 11 is 0. The number of benzene rings is 2. The molecule has 0 fully saturated rings. The van der Waals surface area contributed by atoms with E-state index in [9.17, 15) is 4.79 Å². The Morgan fingerprint density at radius 3 is 2.73 bits per heavy atom. The van der Waals surface area contributed by atoms with Gasteiger partial charge in [0.25, 0.3) is 0 Å². The van der Waals surface area contributed by atoms with E-state index in [-0.39, 0.29) is 5.69 Å². The molecule has 0 spiro atoms. The highest BCUT2D eigenvalue weighted by Gasteiger charge is 2.13. The van der Waals surface area contributed by atoms with Gasteiger partial charge in [-0.3, -0.25) is 14.5 Å². The van der Waals surface area contributed by atoms with Crippen LogP contribution < -0.4 is 10.4 Å². The first-order chi connectivity index (χ1) is 14.7. The number of nitrogens with one attached hydrogen (secondary N) is 1. The van der Waals surface area contributed by atoms with Crippen LogP contribution in [-0.4, -0.2) is 31.6 Å². The zero-order valence-corrected chi connectivity index (χ0v) is 16.4. The summed E-state index contributed by atoms with van der Waals surface area (Å²) in [5.74, 6) is 0.808. The lowest BCUT2D eigenvalue weighted by Crippen LogP contribution is -2.18. The van der Waals surface area contributed by atoms with Gasteiger partial charge in [0.1, 0.15) is 5.75 Å². The zero-order chi connectivity index (χ0) is 20.5. The third-order valence-electron chi connectivity index (χ3n) is 5.19. The summed E-state index contributed by atoms with van der Waals surface area (Å²) in [5, 5.41) is 0.997. The molecular weight excluding hydrogens is 378 g/mol. The predicted octanol–water partition coefficient (Wildman–Crippen LogP) is 3.59. The third kappa shape index (κ3) is 3.20. The van der Waals surface area contributed by atoms with Crippen molar-refractivity contribution in [2.75, 3.05) is 7.11 Å². The fraction of sp³-hybridized carbons (Fsp3) is 0.130. The number of aromatic nitrogens is 5. The maximum atomic E-state index is 12.5. The molecule has 0 saturated heterocycles. The Balaban J connectivity index is 1.53. The van der Waals surface area contributed by atoms with Crippen LogP contribution in [0.4, 0.5) is 0 Å². The first kappa shape index (κ1) is 18.1. The molecule has 0 bridgehead atoms. The number of methoxy groups -OCH3 is 1. The number of ether oxygens (including phenoxy) is 1. The van der Waals surface area contributed by atoms with E-state index in [1.54, 1.807) is 24.1 Å². The molecule has 1 N–H and O–H groups in total. The summed E-state index contributed by atoms with van der Waals surface area (Å²) in [5.41, 5.74) is 4.46. The number of fused-ring (bicyclic) bond motifs is 2. The van der Waals surface area contributed by atoms with Crippen LogP contribution in [0.3, 0.4) is 0 Å². The Kier molecular flexibility index (Phi) is 4.48. The van der Waals surface area contributed by atoms with E-state index >= 15 is 0 Å². The first-order valence-electron chi connectivity index (χ1n) is 9.65. The first-order valence-corrected chi connectivity index (χ1v) is 9.65. The molecule has 7 nitrogen and oxygen atoms in total. The van der Waals surface area contributed by atoms with Crippen molar-refractivity contribution in [2.45, 2.75) is 13.0 Å². The second-order valence-electron chi connectivity index (χ2n) is 6.98. The van der Waals surface area contributed by atoms with Gasteiger partial charge in [0.15, 0.2) is 11.3 Å². The van der Waals surface area contributed by atoms with Crippen molar-refractivity contribution in [3.63, 3.8) is 0 Å². The van der Waals surface area contributed by atoms with Gasteiger partial charge in [-0.25, -0.2) is 14.8 Å². The van der Waals surface area contributed by atoms with Crippen LogP contribution in [0.25, 0.3) is 33.5 Å². The highest BCUT2D eigenvalue weighted by atomic mass is 16.5. The number of imidazole rings is 1. The lowest BCUT2D eigenvalue weighted by Gasteiger charge is -2.07. The highest BCUT2D eigenvalue weighted by Crippen LogP contribution is 2.26. The average Bonchev–Trinajstić information content (AvgIpc) is 3.11. The second kappa shape index (κ2) is 7.44. The van der Waals surface area contributed by atoms with Gasteiger partial charge in [-0.15, -0.1) is 0 Å². The van der Waals surface area contributed by atoms with E-state index in [4.69, 9.17) is 9.72 Å². The standard InChI is InChI=1S/C23H19N5O2/c1-30-16-9-7-15(8-10-16)11-13-28-22-21(27-23(28)29)25-14-20(26-22)18-4-2-6-19-17(18)5-3-12-24-19/h2-10,12,14H,11,13H2,1H3,(H,25,27,29). The fourth-order valence-electron chi connectivity index (χ4n) is 3.62. The lowest BCUT2D eigenvalue weighted by molar-refractivity contribution is 0.414. The Hall–Kier alpha value is -4.00. The molecule has 0 aliphatic heterocycles. The molecule has 7 heteroatoms. The number of hydrogen-bond donors (Lipinski definition) is 1. The smallest absolute Gasteiger partial charge is 0.328 e. The van der Waals surface area contributed by atoms with Crippen LogP contribution in [-0.2, 0) is 13.0 Å². The molecule has 0 aliphatic rings. The number of rotatable bonds is 5. The molecule has 0 saturated carbocycles. The van der Waals surface area contributed by atoms with Crippen LogP contribution in [0.15, 0.2) is 71.8 Å². The maximum absolute atomic E-state index is 12.5. The van der Waals surface area contributed by atoms with Gasteiger partial charge in [0.2, 0.25) is 0 Å². The van der Waals surface area contributed by atoms with Crippen molar-refractivity contribution in [2.24, 2.45) is 0 Å². The lowest BCUT2D eigenvalue weighted by atomic mass is 10.1. The molecule has 0 atom stereocenters. The van der Waals surface area contributed by atoms with Gasteiger partial charge in [-0.05, 0) is 36.2 Å². The van der Waals surface area contributed by atoms with Gasteiger partial charge in [0.05, 0.1) is 24.5 Å². The van der Waals surface area contributed by atoms with Gasteiger partial charge in [-0.1, -0.05) is 30.3 Å². The second-order valence-corrected chi connectivity index (χ2v) is 6.98. The molecule has 148 valence electrons. The minimum absolute atomic E-state index is 0.213. The van der Waals surface area contributed by atoms with Crippen molar-refractivity contribution in [3.05, 3.63) is 83.0 Å². The summed E-state index contributed by atoms with van der Waals surface area (Å²) in [6.45, 7) is 0.500. The zero-order valence-electron chi connectivity index (χ0n) is 16.4. The summed E-state index contributed by atoms with van der Waals surface area (Å²) in [7, 11) is 1.64. The van der Waals surface area contributed by atoms with Crippen molar-refractivity contribution >= 4 is 22.2 Å². The van der Waals surface area contributed by atoms with Crippen LogP contribution in [0, 0.1) is 0 Å². The van der Waals surface area contributed by atoms with Crippen molar-refractivity contribution in [3.8, 4) is 17.0 Å². The SMILES string of the molecule is COc1ccc(CCn2c(=O)[nH]c3ncc(-c4cccc5ncccc45)nc32)cc1. The minimum Gasteiger partial charge on any atom is -0.497 e. The van der Waals surface area contributed by atoms with E-state index in [0.717, 1.165) is 27.8 Å². The normalized spacial score (nSPS) is 11.2. The number of H-pyrrole nitrogens is 1. The molecule has 3 heterocycles. The molecule has 30 heavy (non-hydrogen) atoms. The molecule has 0 radical (unpaired) electrons. The highest BCUT2D eigenvalue weighted by molar-refractivity contribution is 5.93. The van der Waals surface area contributed by atoms with E-state index in [1.165, 1.54) is 0 Å². The summed E-state index contributed by atoms with van der Waals surface area (Å²) in [6.07, 6.45) is 4.15. The predicted molar refractivity (Wildman–Crippen MR) is 116 cm³/mol. The van der Waals surface area contributed by atoms with Crippen LogP contribution >= 0.6 is 0 Å². The molecule has 2 aromatic carbocycles. The molecule has 5 rings (SSSR count). The van der Waals surface area contributed by atoms with E-state index in [1.807, 2.05) is 54.6 Å². The van der Waals surface area contributed by atoms with Crippen molar-refractivity contribution in [1.29, 1.82) is 0 Å². The van der Waals surface area contributed by atoms with E-state index < -0.39 is 0 Å². The quantitative estimate of drug-likeness (QED) is 0.490. The molecule has 0 unspecified atom stereocenters. The maximum Gasteiger partial charge on any atom is 0.328 e. The van der Waals surface area contributed by atoms with Gasteiger partial charge < -0.3 is 4.74 Å². The number of pyridine rings is 1. The number of aromatic amines is 1. The van der Waals surface area contributed by atoms with Crippen LogP contribution in [0.5, 0.6) is 5.75 Å². The topological polar surface area (TPSA) is 85.7 Å². The van der Waals surface area contributed by atoms with Crippen LogP contribution in [0.2, 0.25) is 0 Å². The van der Waals surface area contributed by atoms with Gasteiger partial charge in [-0.2, -0.15) is 0 Å². The molecular formula is C23H19N5O2. The Morgan fingerprint density at radius 2 is 1.90 bits per heavy atom. The largest absolute Gasteiger partial charge is 0.497 e.